The molecule has 0 saturated heterocycles. The number of aromatic hydroxyl groups is 2. The minimum Gasteiger partial charge on any atom is -0.504 e. The van der Waals surface area contributed by atoms with Crippen molar-refractivity contribution in [2.45, 2.75) is 0 Å². The summed E-state index contributed by atoms with van der Waals surface area (Å²) in [6.07, 6.45) is 0. The monoisotopic (exact) mass is 332 g/mol. The van der Waals surface area contributed by atoms with Crippen molar-refractivity contribution in [1.82, 2.24) is 0 Å². The molecule has 0 aliphatic rings. The van der Waals surface area contributed by atoms with Crippen molar-refractivity contribution < 1.29 is 14.6 Å². The fourth-order valence-electron chi connectivity index (χ4n) is 2.09. The zero-order valence-electron chi connectivity index (χ0n) is 10.1. The SMILES string of the molecule is O=c1cc(-c2ccccc2Br)c2cc(O)c(O)cc2o1. The van der Waals surface area contributed by atoms with E-state index in [1.807, 2.05) is 24.3 Å². The fourth-order valence-corrected chi connectivity index (χ4v) is 2.59. The van der Waals surface area contributed by atoms with Gasteiger partial charge in [0.05, 0.1) is 0 Å². The highest BCUT2D eigenvalue weighted by molar-refractivity contribution is 9.10. The molecule has 0 spiro atoms. The summed E-state index contributed by atoms with van der Waals surface area (Å²) in [5.41, 5.74) is 1.13. The maximum Gasteiger partial charge on any atom is 0.336 e. The Hall–Kier alpha value is -2.27. The van der Waals surface area contributed by atoms with Crippen LogP contribution in [0.4, 0.5) is 0 Å². The molecule has 0 unspecified atom stereocenters. The van der Waals surface area contributed by atoms with Crippen LogP contribution in [0, 0.1) is 0 Å². The summed E-state index contributed by atoms with van der Waals surface area (Å²) in [6, 6.07) is 11.4. The summed E-state index contributed by atoms with van der Waals surface area (Å²) in [4.78, 5) is 11.7. The van der Waals surface area contributed by atoms with E-state index in [9.17, 15) is 15.0 Å². The fraction of sp³-hybridized carbons (Fsp3) is 0. The van der Waals surface area contributed by atoms with E-state index in [1.165, 1.54) is 18.2 Å². The van der Waals surface area contributed by atoms with E-state index < -0.39 is 5.63 Å². The maximum absolute atomic E-state index is 11.7. The van der Waals surface area contributed by atoms with Crippen molar-refractivity contribution in [1.29, 1.82) is 0 Å². The lowest BCUT2D eigenvalue weighted by Crippen LogP contribution is -1.98. The molecule has 4 nitrogen and oxygen atoms in total. The summed E-state index contributed by atoms with van der Waals surface area (Å²) in [7, 11) is 0. The van der Waals surface area contributed by atoms with Crippen LogP contribution in [0.3, 0.4) is 0 Å². The number of hydrogen-bond donors (Lipinski definition) is 2. The molecule has 0 aliphatic heterocycles. The van der Waals surface area contributed by atoms with Crippen molar-refractivity contribution in [2.75, 3.05) is 0 Å². The average molecular weight is 333 g/mol. The first kappa shape index (κ1) is 12.7. The Bertz CT molecular complexity index is 867. The van der Waals surface area contributed by atoms with Crippen LogP contribution in [0.1, 0.15) is 0 Å². The van der Waals surface area contributed by atoms with Gasteiger partial charge in [0.25, 0.3) is 0 Å². The zero-order valence-corrected chi connectivity index (χ0v) is 11.7. The highest BCUT2D eigenvalue weighted by atomic mass is 79.9. The van der Waals surface area contributed by atoms with E-state index in [2.05, 4.69) is 15.9 Å². The van der Waals surface area contributed by atoms with Gasteiger partial charge in [-0.25, -0.2) is 4.79 Å². The molecule has 100 valence electrons. The van der Waals surface area contributed by atoms with E-state index in [-0.39, 0.29) is 17.1 Å². The summed E-state index contributed by atoms with van der Waals surface area (Å²) in [5, 5.41) is 19.7. The third kappa shape index (κ3) is 2.06. The van der Waals surface area contributed by atoms with Gasteiger partial charge in [-0.2, -0.15) is 0 Å². The molecule has 0 radical (unpaired) electrons. The Morgan fingerprint density at radius 3 is 2.40 bits per heavy atom. The van der Waals surface area contributed by atoms with Crippen LogP contribution in [0.5, 0.6) is 11.5 Å². The van der Waals surface area contributed by atoms with Crippen LogP contribution >= 0.6 is 15.9 Å². The molecule has 3 rings (SSSR count). The normalized spacial score (nSPS) is 10.8. The first-order chi connectivity index (χ1) is 9.56. The van der Waals surface area contributed by atoms with Crippen LogP contribution in [0.25, 0.3) is 22.1 Å². The van der Waals surface area contributed by atoms with Crippen LogP contribution in [-0.2, 0) is 0 Å². The molecule has 1 aromatic heterocycles. The number of rotatable bonds is 1. The molecule has 0 saturated carbocycles. The second-order valence-corrected chi connectivity index (χ2v) is 5.15. The van der Waals surface area contributed by atoms with Gasteiger partial charge >= 0.3 is 5.63 Å². The minimum absolute atomic E-state index is 0.221. The van der Waals surface area contributed by atoms with Crippen LogP contribution in [-0.4, -0.2) is 10.2 Å². The van der Waals surface area contributed by atoms with Gasteiger partial charge in [0.2, 0.25) is 0 Å². The van der Waals surface area contributed by atoms with E-state index >= 15 is 0 Å². The van der Waals surface area contributed by atoms with Gasteiger partial charge in [0.1, 0.15) is 5.58 Å². The first-order valence-corrected chi connectivity index (χ1v) is 6.60. The quantitative estimate of drug-likeness (QED) is 0.527. The second-order valence-electron chi connectivity index (χ2n) is 4.30. The molecular formula is C15H9BrO4. The number of phenolic OH excluding ortho intramolecular Hbond substituents is 2. The van der Waals surface area contributed by atoms with E-state index in [0.717, 1.165) is 10.0 Å². The van der Waals surface area contributed by atoms with Gasteiger partial charge < -0.3 is 14.6 Å². The first-order valence-electron chi connectivity index (χ1n) is 5.81. The lowest BCUT2D eigenvalue weighted by atomic mass is 10.0. The van der Waals surface area contributed by atoms with Gasteiger partial charge in [0, 0.05) is 27.6 Å². The average Bonchev–Trinajstić information content (AvgIpc) is 2.41. The maximum atomic E-state index is 11.7. The molecule has 1 heterocycles. The van der Waals surface area contributed by atoms with Crippen LogP contribution in [0.2, 0.25) is 0 Å². The summed E-state index contributed by atoms with van der Waals surface area (Å²) in [6.45, 7) is 0. The molecule has 20 heavy (non-hydrogen) atoms. The Kier molecular flexibility index (Phi) is 2.99. The van der Waals surface area contributed by atoms with Crippen molar-refractivity contribution in [3.05, 3.63) is 57.4 Å². The van der Waals surface area contributed by atoms with Gasteiger partial charge in [-0.15, -0.1) is 0 Å². The molecule has 0 aliphatic carbocycles. The molecule has 0 bridgehead atoms. The van der Waals surface area contributed by atoms with Crippen LogP contribution < -0.4 is 5.63 Å². The molecular weight excluding hydrogens is 324 g/mol. The standard InChI is InChI=1S/C15H9BrO4/c16-11-4-2-1-3-8(11)9-6-15(19)20-14-7-13(18)12(17)5-10(9)14/h1-7,17-18H. The smallest absolute Gasteiger partial charge is 0.336 e. The van der Waals surface area contributed by atoms with Crippen molar-refractivity contribution >= 4 is 26.9 Å². The predicted octanol–water partition coefficient (Wildman–Crippen LogP) is 3.63. The lowest BCUT2D eigenvalue weighted by Gasteiger charge is -2.08. The molecule has 3 aromatic rings. The molecule has 0 fully saturated rings. The van der Waals surface area contributed by atoms with E-state index in [0.29, 0.717) is 10.9 Å². The van der Waals surface area contributed by atoms with Crippen LogP contribution in [0.15, 0.2) is 56.1 Å². The topological polar surface area (TPSA) is 70.7 Å². The largest absolute Gasteiger partial charge is 0.504 e. The highest BCUT2D eigenvalue weighted by Crippen LogP contribution is 2.37. The summed E-state index contributed by atoms with van der Waals surface area (Å²) < 4.78 is 5.88. The van der Waals surface area contributed by atoms with Gasteiger partial charge in [-0.05, 0) is 17.7 Å². The van der Waals surface area contributed by atoms with Crippen molar-refractivity contribution in [3.63, 3.8) is 0 Å². The van der Waals surface area contributed by atoms with E-state index in [1.54, 1.807) is 0 Å². The second kappa shape index (κ2) is 4.68. The third-order valence-corrected chi connectivity index (χ3v) is 3.70. The predicted molar refractivity (Wildman–Crippen MR) is 78.9 cm³/mol. The number of phenols is 2. The Labute approximate surface area is 122 Å². The third-order valence-electron chi connectivity index (χ3n) is 3.00. The highest BCUT2D eigenvalue weighted by Gasteiger charge is 2.13. The molecule has 0 amide bonds. The molecule has 2 N–H and O–H groups in total. The lowest BCUT2D eigenvalue weighted by molar-refractivity contribution is 0.403. The van der Waals surface area contributed by atoms with Crippen molar-refractivity contribution in [2.24, 2.45) is 0 Å². The molecule has 5 heteroatoms. The molecule has 2 aromatic carbocycles. The van der Waals surface area contributed by atoms with Crippen molar-refractivity contribution in [3.8, 4) is 22.6 Å². The number of fused-ring (bicyclic) bond motifs is 1. The van der Waals surface area contributed by atoms with Gasteiger partial charge in [0.15, 0.2) is 11.5 Å². The number of benzene rings is 2. The Balaban J connectivity index is 2.44. The van der Waals surface area contributed by atoms with E-state index in [4.69, 9.17) is 4.42 Å². The Morgan fingerprint density at radius 2 is 1.65 bits per heavy atom. The minimum atomic E-state index is -0.520. The van der Waals surface area contributed by atoms with Gasteiger partial charge in [-0.3, -0.25) is 0 Å². The molecule has 0 atom stereocenters. The number of halogens is 1. The summed E-state index contributed by atoms with van der Waals surface area (Å²) in [5.74, 6) is -0.593. The van der Waals surface area contributed by atoms with Gasteiger partial charge in [-0.1, -0.05) is 34.1 Å². The summed E-state index contributed by atoms with van der Waals surface area (Å²) >= 11 is 3.43. The zero-order chi connectivity index (χ0) is 14.3. The number of hydrogen-bond acceptors (Lipinski definition) is 4. The Morgan fingerprint density at radius 1 is 0.950 bits per heavy atom.